The zero-order chi connectivity index (χ0) is 14.1. The fourth-order valence-electron chi connectivity index (χ4n) is 2.93. The molecule has 2 N–H and O–H groups in total. The molecule has 1 saturated carbocycles. The monoisotopic (exact) mass is 267 g/mol. The van der Waals surface area contributed by atoms with E-state index in [1.807, 2.05) is 12.1 Å². The van der Waals surface area contributed by atoms with Gasteiger partial charge < -0.3 is 5.73 Å². The molecular weight excluding hydrogens is 244 g/mol. The Morgan fingerprint density at radius 2 is 1.79 bits per heavy atom. The number of hydrogen-bond donors (Lipinski definition) is 1. The molecule has 0 spiro atoms. The molecule has 1 aromatic carbocycles. The molecule has 0 atom stereocenters. The maximum absolute atomic E-state index is 13.4. The Morgan fingerprint density at radius 1 is 1.16 bits per heavy atom. The highest BCUT2D eigenvalue weighted by Crippen LogP contribution is 2.45. The molecule has 106 valence electrons. The SMILES string of the molecule is CC(C)c1cccc(C2(CN)CCC(F)(F)CC2)c1. The Balaban J connectivity index is 2.29. The lowest BCUT2D eigenvalue weighted by molar-refractivity contribution is -0.0509. The summed E-state index contributed by atoms with van der Waals surface area (Å²) in [6.45, 7) is 4.73. The van der Waals surface area contributed by atoms with E-state index in [1.54, 1.807) is 0 Å². The normalized spacial score (nSPS) is 21.6. The third-order valence-electron chi connectivity index (χ3n) is 4.50. The van der Waals surface area contributed by atoms with E-state index >= 15 is 0 Å². The van der Waals surface area contributed by atoms with Crippen molar-refractivity contribution in [3.8, 4) is 0 Å². The Kier molecular flexibility index (Phi) is 3.95. The third kappa shape index (κ3) is 2.97. The maximum atomic E-state index is 13.4. The molecule has 19 heavy (non-hydrogen) atoms. The van der Waals surface area contributed by atoms with Crippen molar-refractivity contribution < 1.29 is 8.78 Å². The van der Waals surface area contributed by atoms with Gasteiger partial charge in [0, 0.05) is 24.8 Å². The molecule has 0 aromatic heterocycles. The fraction of sp³-hybridized carbons (Fsp3) is 0.625. The van der Waals surface area contributed by atoms with Crippen molar-refractivity contribution in [2.75, 3.05) is 6.54 Å². The smallest absolute Gasteiger partial charge is 0.248 e. The van der Waals surface area contributed by atoms with Crippen LogP contribution in [0.4, 0.5) is 8.78 Å². The Labute approximate surface area is 114 Å². The number of alkyl halides is 2. The molecule has 1 aliphatic carbocycles. The lowest BCUT2D eigenvalue weighted by atomic mass is 9.68. The first kappa shape index (κ1) is 14.4. The fourth-order valence-corrected chi connectivity index (χ4v) is 2.93. The van der Waals surface area contributed by atoms with E-state index in [2.05, 4.69) is 26.0 Å². The van der Waals surface area contributed by atoms with Crippen molar-refractivity contribution in [1.29, 1.82) is 0 Å². The van der Waals surface area contributed by atoms with Crippen LogP contribution in [0.5, 0.6) is 0 Å². The number of rotatable bonds is 3. The lowest BCUT2D eigenvalue weighted by Gasteiger charge is -2.40. The van der Waals surface area contributed by atoms with Gasteiger partial charge in [0.15, 0.2) is 0 Å². The minimum atomic E-state index is -2.51. The second kappa shape index (κ2) is 5.20. The van der Waals surface area contributed by atoms with Crippen LogP contribution in [0.15, 0.2) is 24.3 Å². The molecule has 0 unspecified atom stereocenters. The number of benzene rings is 1. The van der Waals surface area contributed by atoms with Crippen LogP contribution in [-0.4, -0.2) is 12.5 Å². The Bertz CT molecular complexity index is 430. The van der Waals surface area contributed by atoms with Crippen LogP contribution < -0.4 is 5.73 Å². The van der Waals surface area contributed by atoms with Gasteiger partial charge in [-0.15, -0.1) is 0 Å². The zero-order valence-electron chi connectivity index (χ0n) is 11.8. The second-order valence-corrected chi connectivity index (χ2v) is 6.12. The van der Waals surface area contributed by atoms with Crippen molar-refractivity contribution in [3.63, 3.8) is 0 Å². The summed E-state index contributed by atoms with van der Waals surface area (Å²) in [7, 11) is 0. The van der Waals surface area contributed by atoms with Gasteiger partial charge in [0.1, 0.15) is 0 Å². The molecule has 1 fully saturated rings. The molecule has 0 radical (unpaired) electrons. The van der Waals surface area contributed by atoms with Crippen molar-refractivity contribution in [2.45, 2.75) is 56.8 Å². The van der Waals surface area contributed by atoms with E-state index in [-0.39, 0.29) is 18.3 Å². The third-order valence-corrected chi connectivity index (χ3v) is 4.50. The number of halogens is 2. The summed E-state index contributed by atoms with van der Waals surface area (Å²) in [6, 6.07) is 8.31. The Hall–Kier alpha value is -0.960. The standard InChI is InChI=1S/C16H23F2N/c1-12(2)13-4-3-5-14(10-13)15(11-19)6-8-16(17,18)9-7-15/h3-5,10,12H,6-9,11,19H2,1-2H3. The highest BCUT2D eigenvalue weighted by atomic mass is 19.3. The molecule has 1 nitrogen and oxygen atoms in total. The topological polar surface area (TPSA) is 26.0 Å². The summed E-state index contributed by atoms with van der Waals surface area (Å²) in [5.41, 5.74) is 8.07. The molecule has 3 heteroatoms. The van der Waals surface area contributed by atoms with Gasteiger partial charge in [-0.2, -0.15) is 0 Å². The van der Waals surface area contributed by atoms with Crippen LogP contribution in [0.1, 0.15) is 56.6 Å². The highest BCUT2D eigenvalue weighted by molar-refractivity contribution is 5.33. The van der Waals surface area contributed by atoms with Gasteiger partial charge in [0.2, 0.25) is 5.92 Å². The van der Waals surface area contributed by atoms with Crippen LogP contribution in [0.2, 0.25) is 0 Å². The molecule has 1 aliphatic rings. The van der Waals surface area contributed by atoms with Crippen LogP contribution >= 0.6 is 0 Å². The van der Waals surface area contributed by atoms with Gasteiger partial charge in [-0.3, -0.25) is 0 Å². The molecule has 1 aromatic rings. The quantitative estimate of drug-likeness (QED) is 0.872. The first-order valence-electron chi connectivity index (χ1n) is 7.07. The average molecular weight is 267 g/mol. The van der Waals surface area contributed by atoms with E-state index in [9.17, 15) is 8.78 Å². The number of hydrogen-bond acceptors (Lipinski definition) is 1. The minimum absolute atomic E-state index is 0.0455. The lowest BCUT2D eigenvalue weighted by Crippen LogP contribution is -2.42. The van der Waals surface area contributed by atoms with Crippen LogP contribution in [0, 0.1) is 0 Å². The van der Waals surface area contributed by atoms with Gasteiger partial charge in [-0.25, -0.2) is 8.78 Å². The van der Waals surface area contributed by atoms with Gasteiger partial charge in [-0.05, 0) is 29.9 Å². The van der Waals surface area contributed by atoms with Gasteiger partial charge >= 0.3 is 0 Å². The van der Waals surface area contributed by atoms with E-state index in [0.717, 1.165) is 5.56 Å². The molecule has 0 heterocycles. The first-order valence-corrected chi connectivity index (χ1v) is 7.07. The second-order valence-electron chi connectivity index (χ2n) is 6.12. The summed E-state index contributed by atoms with van der Waals surface area (Å²) < 4.78 is 26.7. The molecule has 0 amide bonds. The van der Waals surface area contributed by atoms with Crippen LogP contribution in [-0.2, 0) is 5.41 Å². The van der Waals surface area contributed by atoms with E-state index < -0.39 is 5.92 Å². The van der Waals surface area contributed by atoms with Gasteiger partial charge in [-0.1, -0.05) is 38.1 Å². The van der Waals surface area contributed by atoms with Gasteiger partial charge in [0.25, 0.3) is 0 Å². The summed E-state index contributed by atoms with van der Waals surface area (Å²) in [4.78, 5) is 0. The maximum Gasteiger partial charge on any atom is 0.248 e. The summed E-state index contributed by atoms with van der Waals surface area (Å²) >= 11 is 0. The van der Waals surface area contributed by atoms with Gasteiger partial charge in [0.05, 0.1) is 0 Å². The molecular formula is C16H23F2N. The average Bonchev–Trinajstić information content (AvgIpc) is 2.39. The predicted octanol–water partition coefficient (Wildman–Crippen LogP) is 4.22. The van der Waals surface area contributed by atoms with Crippen LogP contribution in [0.25, 0.3) is 0 Å². The summed E-state index contributed by atoms with van der Waals surface area (Å²) in [5, 5.41) is 0. The largest absolute Gasteiger partial charge is 0.330 e. The van der Waals surface area contributed by atoms with Crippen molar-refractivity contribution in [3.05, 3.63) is 35.4 Å². The number of nitrogens with two attached hydrogens (primary N) is 1. The van der Waals surface area contributed by atoms with Crippen molar-refractivity contribution in [1.82, 2.24) is 0 Å². The van der Waals surface area contributed by atoms with Crippen LogP contribution in [0.3, 0.4) is 0 Å². The molecule has 0 aliphatic heterocycles. The van der Waals surface area contributed by atoms with Crippen molar-refractivity contribution >= 4 is 0 Å². The zero-order valence-corrected chi connectivity index (χ0v) is 11.8. The molecule has 2 rings (SSSR count). The Morgan fingerprint density at radius 3 is 2.32 bits per heavy atom. The van der Waals surface area contributed by atoms with E-state index in [0.29, 0.717) is 25.3 Å². The molecule has 0 saturated heterocycles. The predicted molar refractivity (Wildman–Crippen MR) is 74.7 cm³/mol. The van der Waals surface area contributed by atoms with Crippen molar-refractivity contribution in [2.24, 2.45) is 5.73 Å². The summed E-state index contributed by atoms with van der Waals surface area (Å²) in [5.74, 6) is -2.06. The highest BCUT2D eigenvalue weighted by Gasteiger charge is 2.43. The molecule has 0 bridgehead atoms. The first-order chi connectivity index (χ1) is 8.88. The van der Waals surface area contributed by atoms with E-state index in [1.165, 1.54) is 5.56 Å². The van der Waals surface area contributed by atoms with E-state index in [4.69, 9.17) is 5.73 Å². The minimum Gasteiger partial charge on any atom is -0.330 e. The summed E-state index contributed by atoms with van der Waals surface area (Å²) in [6.07, 6.45) is 0.877.